The third-order valence-corrected chi connectivity index (χ3v) is 7.23. The molecule has 8 nitrogen and oxygen atoms in total. The van der Waals surface area contributed by atoms with Gasteiger partial charge in [0.1, 0.15) is 4.21 Å². The van der Waals surface area contributed by atoms with Crippen molar-refractivity contribution >= 4 is 57.2 Å². The van der Waals surface area contributed by atoms with E-state index in [1.807, 2.05) is 0 Å². The third kappa shape index (κ3) is 4.87. The molecule has 0 saturated carbocycles. The maximum atomic E-state index is 11.6. The summed E-state index contributed by atoms with van der Waals surface area (Å²) >= 11 is 1.15. The lowest BCUT2D eigenvalue weighted by Crippen LogP contribution is -2.51. The number of sulfonamides is 1. The number of hydrogen-bond acceptors (Lipinski definition) is 5. The van der Waals surface area contributed by atoms with Crippen molar-refractivity contribution in [2.75, 3.05) is 26.7 Å². The van der Waals surface area contributed by atoms with Crippen molar-refractivity contribution in [1.82, 2.24) is 15.5 Å². The molecule has 11 heteroatoms. The Bertz CT molecular complexity index is 795. The monoisotopic (exact) mass is 513 g/mol. The van der Waals surface area contributed by atoms with Crippen molar-refractivity contribution in [2.24, 2.45) is 15.5 Å². The molecule has 1 spiro atoms. The minimum Gasteiger partial charge on any atom is -0.355 e. The summed E-state index contributed by atoms with van der Waals surface area (Å²) < 4.78 is 22.9. The molecule has 2 saturated heterocycles. The van der Waals surface area contributed by atoms with Gasteiger partial charge in [0.15, 0.2) is 5.96 Å². The average Bonchev–Trinajstić information content (AvgIpc) is 3.15. The first kappa shape index (κ1) is 21.4. The van der Waals surface area contributed by atoms with Crippen molar-refractivity contribution in [3.63, 3.8) is 0 Å². The van der Waals surface area contributed by atoms with Gasteiger partial charge in [-0.05, 0) is 25.0 Å². The van der Waals surface area contributed by atoms with E-state index in [0.29, 0.717) is 13.0 Å². The number of piperidine rings is 1. The molecule has 3 rings (SSSR count). The normalized spacial score (nSPS) is 23.7. The molecule has 1 atom stereocenters. The summed E-state index contributed by atoms with van der Waals surface area (Å²) in [6.07, 6.45) is 2.63. The van der Waals surface area contributed by atoms with Gasteiger partial charge in [0.2, 0.25) is 15.9 Å². The highest BCUT2D eigenvalue weighted by Gasteiger charge is 2.42. The molecule has 1 aromatic heterocycles. The second kappa shape index (κ2) is 8.40. The van der Waals surface area contributed by atoms with Crippen LogP contribution >= 0.6 is 35.3 Å². The van der Waals surface area contributed by atoms with E-state index in [-0.39, 0.29) is 39.5 Å². The zero-order valence-corrected chi connectivity index (χ0v) is 18.5. The van der Waals surface area contributed by atoms with Gasteiger partial charge in [-0.2, -0.15) is 0 Å². The molecule has 0 radical (unpaired) electrons. The zero-order valence-electron chi connectivity index (χ0n) is 14.5. The van der Waals surface area contributed by atoms with Crippen LogP contribution in [0.3, 0.4) is 0 Å². The zero-order chi connectivity index (χ0) is 18.1. The van der Waals surface area contributed by atoms with Crippen molar-refractivity contribution in [2.45, 2.75) is 30.0 Å². The Morgan fingerprint density at radius 1 is 1.50 bits per heavy atom. The topological polar surface area (TPSA) is 117 Å². The molecular formula is C15H24IN5O3S2. The van der Waals surface area contributed by atoms with E-state index in [2.05, 4.69) is 20.5 Å². The molecular weight excluding hydrogens is 489 g/mol. The van der Waals surface area contributed by atoms with E-state index in [0.717, 1.165) is 54.6 Å². The van der Waals surface area contributed by atoms with E-state index in [1.54, 1.807) is 13.1 Å². The Hall–Kier alpha value is -0.920. The quantitative estimate of drug-likeness (QED) is 0.313. The van der Waals surface area contributed by atoms with Crippen LogP contribution in [0.5, 0.6) is 0 Å². The number of thiophene rings is 1. The molecule has 2 aliphatic rings. The number of nitrogens with one attached hydrogen (secondary N) is 2. The largest absolute Gasteiger partial charge is 0.355 e. The Labute approximate surface area is 174 Å². The second-order valence-corrected chi connectivity index (χ2v) is 9.60. The van der Waals surface area contributed by atoms with Crippen LogP contribution < -0.4 is 15.8 Å². The van der Waals surface area contributed by atoms with Gasteiger partial charge in [0, 0.05) is 43.4 Å². The van der Waals surface area contributed by atoms with Gasteiger partial charge < -0.3 is 15.5 Å². The molecule has 2 fully saturated rings. The number of aliphatic imine (C=N–C) groups is 1. The fourth-order valence-electron chi connectivity index (χ4n) is 3.53. The number of guanidine groups is 1. The lowest BCUT2D eigenvalue weighted by molar-refractivity contribution is -0.119. The lowest BCUT2D eigenvalue weighted by Gasteiger charge is -2.40. The number of carbonyl (C=O) groups excluding carboxylic acids is 1. The van der Waals surface area contributed by atoms with Crippen molar-refractivity contribution in [3.05, 3.63) is 17.0 Å². The van der Waals surface area contributed by atoms with Crippen LogP contribution in [0.15, 0.2) is 21.3 Å². The van der Waals surface area contributed by atoms with Gasteiger partial charge in [0.25, 0.3) is 0 Å². The minimum atomic E-state index is -3.66. The minimum absolute atomic E-state index is 0. The molecule has 1 unspecified atom stereocenters. The summed E-state index contributed by atoms with van der Waals surface area (Å²) in [4.78, 5) is 19.0. The highest BCUT2D eigenvalue weighted by atomic mass is 127. The van der Waals surface area contributed by atoms with Gasteiger partial charge in [0.05, 0.1) is 6.54 Å². The van der Waals surface area contributed by atoms with Crippen LogP contribution in [0, 0.1) is 5.41 Å². The number of likely N-dealkylation sites (tertiary alicyclic amines) is 1. The van der Waals surface area contributed by atoms with Crippen molar-refractivity contribution in [3.8, 4) is 0 Å². The molecule has 146 valence electrons. The third-order valence-electron chi connectivity index (χ3n) is 4.71. The Kier molecular flexibility index (Phi) is 6.91. The first-order valence-electron chi connectivity index (χ1n) is 8.15. The predicted molar refractivity (Wildman–Crippen MR) is 112 cm³/mol. The van der Waals surface area contributed by atoms with Crippen molar-refractivity contribution in [1.29, 1.82) is 0 Å². The van der Waals surface area contributed by atoms with Gasteiger partial charge in [-0.1, -0.05) is 0 Å². The van der Waals surface area contributed by atoms with E-state index in [9.17, 15) is 13.2 Å². The van der Waals surface area contributed by atoms with Crippen molar-refractivity contribution < 1.29 is 13.2 Å². The molecule has 1 aromatic rings. The van der Waals surface area contributed by atoms with Crippen LogP contribution in [0.4, 0.5) is 0 Å². The number of amides is 1. The fourth-order valence-corrected chi connectivity index (χ4v) is 5.25. The number of halogens is 1. The van der Waals surface area contributed by atoms with Gasteiger partial charge in [-0.3, -0.25) is 9.79 Å². The SMILES string of the molecule is CN=C(NCc1ccc(S(N)(=O)=O)s1)N1CCCC2(CNC(=O)C2)C1.I. The van der Waals surface area contributed by atoms with Gasteiger partial charge in [-0.15, -0.1) is 35.3 Å². The number of nitrogens with zero attached hydrogens (tertiary/aromatic N) is 2. The second-order valence-electron chi connectivity index (χ2n) is 6.65. The van der Waals surface area contributed by atoms with E-state index in [1.165, 1.54) is 6.07 Å². The maximum Gasteiger partial charge on any atom is 0.247 e. The molecule has 3 heterocycles. The summed E-state index contributed by atoms with van der Waals surface area (Å²) in [6.45, 7) is 2.89. The Morgan fingerprint density at radius 3 is 2.85 bits per heavy atom. The molecule has 1 amide bonds. The standard InChI is InChI=1S/C15H23N5O3S2.HI/c1-17-14(18-8-11-3-4-13(24-11)25(16,22)23)20-6-2-5-15(10-20)7-12(21)19-9-15;/h3-4H,2,5-10H2,1H3,(H,17,18)(H,19,21)(H2,16,22,23);1H. The molecule has 0 aromatic carbocycles. The van der Waals surface area contributed by atoms with Gasteiger partial charge >= 0.3 is 0 Å². The summed E-state index contributed by atoms with van der Waals surface area (Å²) in [5, 5.41) is 11.4. The van der Waals surface area contributed by atoms with E-state index in [4.69, 9.17) is 5.14 Å². The number of rotatable bonds is 3. The van der Waals surface area contributed by atoms with E-state index < -0.39 is 10.0 Å². The van der Waals surface area contributed by atoms with Crippen LogP contribution in [0.1, 0.15) is 24.1 Å². The van der Waals surface area contributed by atoms with Crippen LogP contribution in [-0.2, 0) is 21.4 Å². The molecule has 4 N–H and O–H groups in total. The fraction of sp³-hybridized carbons (Fsp3) is 0.600. The van der Waals surface area contributed by atoms with Crippen LogP contribution in [0.2, 0.25) is 0 Å². The summed E-state index contributed by atoms with van der Waals surface area (Å²) in [7, 11) is -1.93. The summed E-state index contributed by atoms with van der Waals surface area (Å²) in [6, 6.07) is 3.27. The number of hydrogen-bond donors (Lipinski definition) is 3. The number of primary sulfonamides is 1. The first-order chi connectivity index (χ1) is 11.8. The summed E-state index contributed by atoms with van der Waals surface area (Å²) in [5.41, 5.74) is -0.00329. The number of carbonyl (C=O) groups is 1. The maximum absolute atomic E-state index is 11.6. The average molecular weight is 513 g/mol. The first-order valence-corrected chi connectivity index (χ1v) is 10.5. The lowest BCUT2D eigenvalue weighted by atomic mass is 9.79. The highest BCUT2D eigenvalue weighted by Crippen LogP contribution is 2.36. The molecule has 26 heavy (non-hydrogen) atoms. The smallest absolute Gasteiger partial charge is 0.247 e. The number of nitrogens with two attached hydrogens (primary N) is 1. The van der Waals surface area contributed by atoms with Crippen LogP contribution in [-0.4, -0.2) is 51.9 Å². The summed E-state index contributed by atoms with van der Waals surface area (Å²) in [5.74, 6) is 0.892. The molecule has 0 aliphatic carbocycles. The predicted octanol–water partition coefficient (Wildman–Crippen LogP) is 0.691. The molecule has 0 bridgehead atoms. The van der Waals surface area contributed by atoms with E-state index >= 15 is 0 Å². The molecule has 2 aliphatic heterocycles. The highest BCUT2D eigenvalue weighted by molar-refractivity contribution is 14.0. The Morgan fingerprint density at radius 2 is 2.27 bits per heavy atom. The Balaban J connectivity index is 0.00000243. The van der Waals surface area contributed by atoms with Crippen LogP contribution in [0.25, 0.3) is 0 Å². The van der Waals surface area contributed by atoms with Gasteiger partial charge in [-0.25, -0.2) is 13.6 Å².